The molecule has 3 rings (SSSR count). The van der Waals surface area contributed by atoms with Crippen LogP contribution in [0.1, 0.15) is 34.6 Å². The normalized spacial score (nSPS) is 10.8. The van der Waals surface area contributed by atoms with E-state index in [1.165, 1.54) is 0 Å². The van der Waals surface area contributed by atoms with E-state index in [0.29, 0.717) is 22.1 Å². The van der Waals surface area contributed by atoms with Crippen molar-refractivity contribution in [3.05, 3.63) is 58.5 Å². The van der Waals surface area contributed by atoms with Crippen molar-refractivity contribution in [2.75, 3.05) is 5.32 Å². The lowest BCUT2D eigenvalue weighted by Gasteiger charge is -2.07. The Labute approximate surface area is 149 Å². The number of aromatic nitrogens is 3. The summed E-state index contributed by atoms with van der Waals surface area (Å²) in [5.74, 6) is 0.350. The zero-order valence-electron chi connectivity index (χ0n) is 13.9. The largest absolute Gasteiger partial charge is 0.325 e. The average molecular weight is 357 g/mol. The van der Waals surface area contributed by atoms with Gasteiger partial charge in [0, 0.05) is 23.4 Å². The molecule has 25 heavy (non-hydrogen) atoms. The van der Waals surface area contributed by atoms with Crippen molar-refractivity contribution in [2.24, 2.45) is 0 Å². The van der Waals surface area contributed by atoms with E-state index in [2.05, 4.69) is 15.4 Å². The first kappa shape index (κ1) is 17.1. The number of nitrogens with one attached hydrogen (secondary N) is 1. The monoisotopic (exact) mass is 356 g/mol. The summed E-state index contributed by atoms with van der Waals surface area (Å²) >= 11 is 5.80. The number of anilines is 1. The lowest BCUT2D eigenvalue weighted by Crippen LogP contribution is -2.14. The van der Waals surface area contributed by atoms with Crippen LogP contribution in [0.2, 0.25) is 5.02 Å². The van der Waals surface area contributed by atoms with Crippen LogP contribution in [0.4, 0.5) is 5.69 Å². The molecule has 0 aliphatic heterocycles. The first-order chi connectivity index (χ1) is 11.9. The van der Waals surface area contributed by atoms with E-state index >= 15 is 0 Å². The third-order valence-corrected chi connectivity index (χ3v) is 4.00. The Balaban J connectivity index is 1.62. The maximum atomic E-state index is 12.1. The Morgan fingerprint density at radius 1 is 1.16 bits per heavy atom. The summed E-state index contributed by atoms with van der Waals surface area (Å²) in [5.41, 5.74) is 2.84. The van der Waals surface area contributed by atoms with Crippen molar-refractivity contribution in [1.29, 1.82) is 0 Å². The topological polar surface area (TPSA) is 76.4 Å². The van der Waals surface area contributed by atoms with Gasteiger partial charge in [-0.05, 0) is 49.7 Å². The minimum Gasteiger partial charge on any atom is -0.325 e. The number of hydrogen-bond acceptors (Lipinski definition) is 4. The highest BCUT2D eigenvalue weighted by molar-refractivity contribution is 6.30. The van der Waals surface area contributed by atoms with E-state index in [9.17, 15) is 9.59 Å². The summed E-state index contributed by atoms with van der Waals surface area (Å²) in [7, 11) is 0. The second kappa shape index (κ2) is 7.03. The van der Waals surface area contributed by atoms with Crippen LogP contribution < -0.4 is 5.32 Å². The number of hydrogen-bond donors (Lipinski definition) is 1. The van der Waals surface area contributed by atoms with E-state index in [4.69, 9.17) is 11.6 Å². The minimum atomic E-state index is -0.224. The van der Waals surface area contributed by atoms with Gasteiger partial charge < -0.3 is 5.32 Å². The van der Waals surface area contributed by atoms with Gasteiger partial charge in [-0.25, -0.2) is 9.50 Å². The smallest absolute Gasteiger partial charge is 0.224 e. The van der Waals surface area contributed by atoms with Crippen molar-refractivity contribution in [3.63, 3.8) is 0 Å². The molecule has 6 nitrogen and oxygen atoms in total. The number of ketones is 1. The Morgan fingerprint density at radius 3 is 2.60 bits per heavy atom. The van der Waals surface area contributed by atoms with Crippen molar-refractivity contribution in [2.45, 2.75) is 26.7 Å². The number of fused-ring (bicyclic) bond motifs is 1. The van der Waals surface area contributed by atoms with E-state index in [-0.39, 0.29) is 24.5 Å². The third-order valence-electron chi connectivity index (χ3n) is 3.75. The molecule has 1 N–H and O–H groups in total. The number of nitrogens with zero attached hydrogens (tertiary/aromatic N) is 3. The van der Waals surface area contributed by atoms with E-state index in [0.717, 1.165) is 11.2 Å². The number of Topliss-reactive ketones (excluding diaryl/α,β-unsaturated/α-hetero) is 1. The van der Waals surface area contributed by atoms with Gasteiger partial charge in [0.15, 0.2) is 11.4 Å². The predicted molar refractivity (Wildman–Crippen MR) is 96.1 cm³/mol. The number of rotatable bonds is 5. The SMILES string of the molecule is Cc1nc2c(C)cc(NC(=O)CCC(=O)c3ccc(Cl)cc3)cn2n1. The van der Waals surface area contributed by atoms with Gasteiger partial charge in [0.2, 0.25) is 5.91 Å². The fourth-order valence-corrected chi connectivity index (χ4v) is 2.68. The zero-order valence-corrected chi connectivity index (χ0v) is 14.7. The average Bonchev–Trinajstić information content (AvgIpc) is 2.94. The number of carbonyl (C=O) groups excluding carboxylic acids is 2. The highest BCUT2D eigenvalue weighted by Crippen LogP contribution is 2.16. The van der Waals surface area contributed by atoms with Crippen LogP contribution in [0.15, 0.2) is 36.5 Å². The summed E-state index contributed by atoms with van der Waals surface area (Å²) in [4.78, 5) is 28.5. The molecule has 3 aromatic rings. The molecular weight excluding hydrogens is 340 g/mol. The van der Waals surface area contributed by atoms with Gasteiger partial charge in [0.05, 0.1) is 11.9 Å². The van der Waals surface area contributed by atoms with Crippen LogP contribution in [0.5, 0.6) is 0 Å². The highest BCUT2D eigenvalue weighted by Gasteiger charge is 2.11. The Bertz CT molecular complexity index is 948. The van der Waals surface area contributed by atoms with Gasteiger partial charge in [-0.15, -0.1) is 0 Å². The van der Waals surface area contributed by atoms with Gasteiger partial charge in [-0.1, -0.05) is 11.6 Å². The number of aryl methyl sites for hydroxylation is 2. The molecule has 1 amide bonds. The van der Waals surface area contributed by atoms with Gasteiger partial charge in [0.1, 0.15) is 5.82 Å². The molecule has 0 atom stereocenters. The molecule has 2 aromatic heterocycles. The summed E-state index contributed by atoms with van der Waals surface area (Å²) < 4.78 is 1.64. The number of carbonyl (C=O) groups is 2. The summed E-state index contributed by atoms with van der Waals surface area (Å²) in [6.07, 6.45) is 1.95. The van der Waals surface area contributed by atoms with Crippen LogP contribution in [0.25, 0.3) is 5.65 Å². The van der Waals surface area contributed by atoms with Crippen LogP contribution in [0.3, 0.4) is 0 Å². The molecule has 0 fully saturated rings. The lowest BCUT2D eigenvalue weighted by atomic mass is 10.1. The first-order valence-electron chi connectivity index (χ1n) is 7.84. The van der Waals surface area contributed by atoms with Crippen LogP contribution in [-0.4, -0.2) is 26.3 Å². The molecule has 2 heterocycles. The van der Waals surface area contributed by atoms with Crippen molar-refractivity contribution in [1.82, 2.24) is 14.6 Å². The van der Waals surface area contributed by atoms with Crippen LogP contribution >= 0.6 is 11.6 Å². The number of amides is 1. The maximum absolute atomic E-state index is 12.1. The van der Waals surface area contributed by atoms with E-state index in [1.54, 1.807) is 35.0 Å². The fourth-order valence-electron chi connectivity index (χ4n) is 2.55. The van der Waals surface area contributed by atoms with Gasteiger partial charge >= 0.3 is 0 Å². The molecule has 0 bridgehead atoms. The zero-order chi connectivity index (χ0) is 18.0. The molecule has 128 valence electrons. The molecule has 0 unspecified atom stereocenters. The van der Waals surface area contributed by atoms with Crippen molar-refractivity contribution < 1.29 is 9.59 Å². The van der Waals surface area contributed by atoms with E-state index < -0.39 is 0 Å². The summed E-state index contributed by atoms with van der Waals surface area (Å²) in [5, 5.41) is 7.62. The molecule has 0 spiro atoms. The lowest BCUT2D eigenvalue weighted by molar-refractivity contribution is -0.116. The number of halogens is 1. The highest BCUT2D eigenvalue weighted by atomic mass is 35.5. The van der Waals surface area contributed by atoms with Crippen LogP contribution in [-0.2, 0) is 4.79 Å². The fraction of sp³-hybridized carbons (Fsp3) is 0.222. The molecule has 0 radical (unpaired) electrons. The third kappa shape index (κ3) is 4.03. The van der Waals surface area contributed by atoms with Gasteiger partial charge in [-0.3, -0.25) is 9.59 Å². The molecule has 0 aliphatic rings. The molecular formula is C18H17ClN4O2. The Morgan fingerprint density at radius 2 is 1.88 bits per heavy atom. The number of benzene rings is 1. The standard InChI is InChI=1S/C18H17ClN4O2/c1-11-9-15(10-23-18(11)20-12(2)22-23)21-17(25)8-7-16(24)13-3-5-14(19)6-4-13/h3-6,9-10H,7-8H2,1-2H3,(H,21,25). The first-order valence-corrected chi connectivity index (χ1v) is 8.22. The molecule has 1 aromatic carbocycles. The minimum absolute atomic E-state index is 0.0923. The second-order valence-corrected chi connectivity index (χ2v) is 6.25. The Kier molecular flexibility index (Phi) is 4.81. The van der Waals surface area contributed by atoms with Gasteiger partial charge in [0.25, 0.3) is 0 Å². The summed E-state index contributed by atoms with van der Waals surface area (Å²) in [6, 6.07) is 8.47. The number of pyridine rings is 1. The quantitative estimate of drug-likeness (QED) is 0.708. The molecule has 0 saturated heterocycles. The molecule has 0 aliphatic carbocycles. The maximum Gasteiger partial charge on any atom is 0.224 e. The van der Waals surface area contributed by atoms with Crippen molar-refractivity contribution >= 4 is 34.6 Å². The van der Waals surface area contributed by atoms with Crippen molar-refractivity contribution in [3.8, 4) is 0 Å². The summed E-state index contributed by atoms with van der Waals surface area (Å²) in [6.45, 7) is 3.72. The van der Waals surface area contributed by atoms with Crippen LogP contribution in [0, 0.1) is 13.8 Å². The molecule has 0 saturated carbocycles. The predicted octanol–water partition coefficient (Wildman–Crippen LogP) is 3.60. The van der Waals surface area contributed by atoms with E-state index in [1.807, 2.05) is 19.9 Å². The molecule has 7 heteroatoms. The Hall–Kier alpha value is -2.73. The van der Waals surface area contributed by atoms with Gasteiger partial charge in [-0.2, -0.15) is 5.10 Å². The second-order valence-electron chi connectivity index (χ2n) is 5.82.